The minimum absolute atomic E-state index is 0.695. The number of rotatable bonds is 4. The van der Waals surface area contributed by atoms with Crippen LogP contribution in [0.15, 0.2) is 24.5 Å². The van der Waals surface area contributed by atoms with Crippen LogP contribution in [-0.2, 0) is 0 Å². The van der Waals surface area contributed by atoms with Gasteiger partial charge in [0.25, 0.3) is 0 Å². The zero-order valence-corrected chi connectivity index (χ0v) is 8.62. The molecular formula is C11H18N2. The Morgan fingerprint density at radius 3 is 2.69 bits per heavy atom. The van der Waals surface area contributed by atoms with Crippen LogP contribution in [0.2, 0.25) is 0 Å². The summed E-state index contributed by atoms with van der Waals surface area (Å²) in [6.07, 6.45) is 3.64. The van der Waals surface area contributed by atoms with E-state index in [0.29, 0.717) is 5.92 Å². The lowest BCUT2D eigenvalue weighted by molar-refractivity contribution is 0.440. The molecule has 0 aliphatic rings. The van der Waals surface area contributed by atoms with E-state index in [4.69, 9.17) is 0 Å². The monoisotopic (exact) mass is 178 g/mol. The molecule has 2 nitrogen and oxygen atoms in total. The van der Waals surface area contributed by atoms with Gasteiger partial charge in [0.2, 0.25) is 0 Å². The number of nitrogens with one attached hydrogen (secondary N) is 1. The molecule has 1 unspecified atom stereocenters. The van der Waals surface area contributed by atoms with Crippen molar-refractivity contribution in [2.24, 2.45) is 11.8 Å². The fraction of sp³-hybridized carbons (Fsp3) is 0.545. The highest BCUT2D eigenvalue weighted by Crippen LogP contribution is 2.11. The second kappa shape index (κ2) is 4.85. The van der Waals surface area contributed by atoms with E-state index < -0.39 is 0 Å². The Balaban J connectivity index is 2.35. The molecule has 1 atom stereocenters. The highest BCUT2D eigenvalue weighted by molar-refractivity contribution is 5.39. The molecule has 0 saturated carbocycles. The van der Waals surface area contributed by atoms with Crippen LogP contribution in [0.3, 0.4) is 0 Å². The summed E-state index contributed by atoms with van der Waals surface area (Å²) >= 11 is 0. The van der Waals surface area contributed by atoms with Crippen LogP contribution >= 0.6 is 0 Å². The first kappa shape index (κ1) is 10.0. The van der Waals surface area contributed by atoms with E-state index in [-0.39, 0.29) is 0 Å². The molecule has 1 aromatic rings. The van der Waals surface area contributed by atoms with Gasteiger partial charge >= 0.3 is 0 Å². The van der Waals surface area contributed by atoms with Crippen molar-refractivity contribution in [3.05, 3.63) is 24.5 Å². The highest BCUT2D eigenvalue weighted by atomic mass is 14.9. The zero-order chi connectivity index (χ0) is 9.68. The van der Waals surface area contributed by atoms with Gasteiger partial charge in [0.05, 0.1) is 5.69 Å². The van der Waals surface area contributed by atoms with Gasteiger partial charge in [-0.2, -0.15) is 0 Å². The quantitative estimate of drug-likeness (QED) is 0.766. The minimum atomic E-state index is 0.695. The third-order valence-electron chi connectivity index (χ3n) is 2.43. The number of anilines is 1. The summed E-state index contributed by atoms with van der Waals surface area (Å²) < 4.78 is 0. The molecule has 0 fully saturated rings. The molecule has 0 radical (unpaired) electrons. The maximum Gasteiger partial charge on any atom is 0.0526 e. The predicted octanol–water partition coefficient (Wildman–Crippen LogP) is 2.79. The van der Waals surface area contributed by atoms with Gasteiger partial charge in [-0.3, -0.25) is 4.98 Å². The van der Waals surface area contributed by atoms with Crippen molar-refractivity contribution >= 4 is 5.69 Å². The van der Waals surface area contributed by atoms with Crippen molar-refractivity contribution < 1.29 is 0 Å². The number of aromatic nitrogens is 1. The second-order valence-electron chi connectivity index (χ2n) is 3.84. The van der Waals surface area contributed by atoms with Crippen molar-refractivity contribution in [3.8, 4) is 0 Å². The van der Waals surface area contributed by atoms with Gasteiger partial charge in [-0.15, -0.1) is 0 Å². The Morgan fingerprint density at radius 1 is 1.38 bits per heavy atom. The van der Waals surface area contributed by atoms with Crippen molar-refractivity contribution in [1.29, 1.82) is 0 Å². The minimum Gasteiger partial charge on any atom is -0.384 e. The first-order chi connectivity index (χ1) is 6.20. The third-order valence-corrected chi connectivity index (χ3v) is 2.43. The molecule has 2 heteroatoms. The lowest BCUT2D eigenvalue weighted by Crippen LogP contribution is -2.16. The van der Waals surface area contributed by atoms with Crippen molar-refractivity contribution in [2.75, 3.05) is 11.9 Å². The van der Waals surface area contributed by atoms with E-state index in [9.17, 15) is 0 Å². The average molecular weight is 178 g/mol. The Hall–Kier alpha value is -1.05. The Bertz CT molecular complexity index is 231. The molecular weight excluding hydrogens is 160 g/mol. The number of hydrogen-bond acceptors (Lipinski definition) is 2. The topological polar surface area (TPSA) is 24.9 Å². The molecule has 0 aromatic carbocycles. The Morgan fingerprint density at radius 2 is 2.15 bits per heavy atom. The molecule has 0 amide bonds. The van der Waals surface area contributed by atoms with Crippen LogP contribution < -0.4 is 5.32 Å². The summed E-state index contributed by atoms with van der Waals surface area (Å²) in [5.41, 5.74) is 1.11. The highest BCUT2D eigenvalue weighted by Gasteiger charge is 2.05. The van der Waals surface area contributed by atoms with Gasteiger partial charge in [0.1, 0.15) is 0 Å². The van der Waals surface area contributed by atoms with E-state index in [1.165, 1.54) is 0 Å². The molecule has 0 spiro atoms. The maximum absolute atomic E-state index is 4.04. The molecule has 0 bridgehead atoms. The summed E-state index contributed by atoms with van der Waals surface area (Å²) in [7, 11) is 0. The molecule has 1 rings (SSSR count). The van der Waals surface area contributed by atoms with Crippen LogP contribution in [-0.4, -0.2) is 11.5 Å². The SMILES string of the molecule is CC(C)C(C)CNc1cccnc1. The normalized spacial score (nSPS) is 12.9. The van der Waals surface area contributed by atoms with Crippen LogP contribution in [0, 0.1) is 11.8 Å². The lowest BCUT2D eigenvalue weighted by Gasteiger charge is -2.16. The van der Waals surface area contributed by atoms with Gasteiger partial charge in [-0.25, -0.2) is 0 Å². The first-order valence-electron chi connectivity index (χ1n) is 4.84. The Kier molecular flexibility index (Phi) is 3.74. The van der Waals surface area contributed by atoms with E-state index in [0.717, 1.165) is 18.2 Å². The van der Waals surface area contributed by atoms with Crippen molar-refractivity contribution in [3.63, 3.8) is 0 Å². The van der Waals surface area contributed by atoms with E-state index in [1.54, 1.807) is 6.20 Å². The third kappa shape index (κ3) is 3.45. The predicted molar refractivity (Wildman–Crippen MR) is 56.7 cm³/mol. The maximum atomic E-state index is 4.04. The summed E-state index contributed by atoms with van der Waals surface area (Å²) in [5.74, 6) is 1.42. The number of nitrogens with zero attached hydrogens (tertiary/aromatic N) is 1. The number of hydrogen-bond donors (Lipinski definition) is 1. The van der Waals surface area contributed by atoms with Gasteiger partial charge in [-0.1, -0.05) is 20.8 Å². The summed E-state index contributed by atoms with van der Waals surface area (Å²) in [5, 5.41) is 3.36. The lowest BCUT2D eigenvalue weighted by atomic mass is 9.98. The van der Waals surface area contributed by atoms with Gasteiger partial charge in [0.15, 0.2) is 0 Å². The molecule has 0 saturated heterocycles. The van der Waals surface area contributed by atoms with Crippen LogP contribution in [0.1, 0.15) is 20.8 Å². The zero-order valence-electron chi connectivity index (χ0n) is 8.62. The van der Waals surface area contributed by atoms with Crippen LogP contribution in [0.5, 0.6) is 0 Å². The van der Waals surface area contributed by atoms with Gasteiger partial charge < -0.3 is 5.32 Å². The van der Waals surface area contributed by atoms with Gasteiger partial charge in [0, 0.05) is 18.9 Å². The molecule has 1 N–H and O–H groups in total. The van der Waals surface area contributed by atoms with Gasteiger partial charge in [-0.05, 0) is 24.0 Å². The van der Waals surface area contributed by atoms with Crippen molar-refractivity contribution in [2.45, 2.75) is 20.8 Å². The fourth-order valence-corrected chi connectivity index (χ4v) is 0.982. The average Bonchev–Trinajstić information content (AvgIpc) is 2.15. The Labute approximate surface area is 80.4 Å². The molecule has 1 aromatic heterocycles. The molecule has 1 heterocycles. The van der Waals surface area contributed by atoms with E-state index in [1.807, 2.05) is 18.3 Å². The molecule has 0 aliphatic carbocycles. The second-order valence-corrected chi connectivity index (χ2v) is 3.84. The largest absolute Gasteiger partial charge is 0.384 e. The van der Waals surface area contributed by atoms with Crippen molar-refractivity contribution in [1.82, 2.24) is 4.98 Å². The van der Waals surface area contributed by atoms with Crippen LogP contribution in [0.25, 0.3) is 0 Å². The summed E-state index contributed by atoms with van der Waals surface area (Å²) in [6, 6.07) is 3.99. The molecule has 72 valence electrons. The standard InChI is InChI=1S/C11H18N2/c1-9(2)10(3)7-13-11-5-4-6-12-8-11/h4-6,8-10,13H,7H2,1-3H3. The molecule has 0 aliphatic heterocycles. The van der Waals surface area contributed by atoms with Crippen LogP contribution in [0.4, 0.5) is 5.69 Å². The fourth-order valence-electron chi connectivity index (χ4n) is 0.982. The van der Waals surface area contributed by atoms with E-state index in [2.05, 4.69) is 31.1 Å². The first-order valence-corrected chi connectivity index (χ1v) is 4.84. The summed E-state index contributed by atoms with van der Waals surface area (Å²) in [4.78, 5) is 4.04. The smallest absolute Gasteiger partial charge is 0.0526 e. The molecule has 13 heavy (non-hydrogen) atoms. The van der Waals surface area contributed by atoms with E-state index >= 15 is 0 Å². The number of pyridine rings is 1. The summed E-state index contributed by atoms with van der Waals surface area (Å²) in [6.45, 7) is 7.77.